The van der Waals surface area contributed by atoms with Crippen LogP contribution in [0.1, 0.15) is 16.8 Å². The number of hydrogen-bond acceptors (Lipinski definition) is 2. The number of anilines is 2. The molecular formula is C23H21BrFN3O2. The molecule has 0 aliphatic carbocycles. The Morgan fingerprint density at radius 2 is 1.57 bits per heavy atom. The Hall–Kier alpha value is -3.19. The molecule has 3 amide bonds. The molecule has 3 rings (SSSR count). The van der Waals surface area contributed by atoms with Crippen LogP contribution in [-0.4, -0.2) is 25.0 Å². The molecule has 0 radical (unpaired) electrons. The van der Waals surface area contributed by atoms with Crippen molar-refractivity contribution in [2.45, 2.75) is 6.42 Å². The van der Waals surface area contributed by atoms with E-state index >= 15 is 0 Å². The molecule has 0 aromatic heterocycles. The quantitative estimate of drug-likeness (QED) is 0.452. The van der Waals surface area contributed by atoms with Gasteiger partial charge in [0.1, 0.15) is 5.82 Å². The lowest BCUT2D eigenvalue weighted by atomic mass is 10.1. The van der Waals surface area contributed by atoms with Crippen LogP contribution in [0.2, 0.25) is 0 Å². The number of amides is 3. The van der Waals surface area contributed by atoms with Crippen LogP contribution >= 0.6 is 15.9 Å². The summed E-state index contributed by atoms with van der Waals surface area (Å²) in [4.78, 5) is 26.6. The molecule has 30 heavy (non-hydrogen) atoms. The molecule has 7 heteroatoms. The first-order valence-electron chi connectivity index (χ1n) is 9.46. The second-order valence-electron chi connectivity index (χ2n) is 6.54. The van der Waals surface area contributed by atoms with Gasteiger partial charge in [-0.25, -0.2) is 9.18 Å². The van der Waals surface area contributed by atoms with Gasteiger partial charge in [-0.2, -0.15) is 0 Å². The lowest BCUT2D eigenvalue weighted by molar-refractivity contribution is 0.0986. The van der Waals surface area contributed by atoms with Gasteiger partial charge >= 0.3 is 6.03 Å². The average molecular weight is 470 g/mol. The molecule has 0 atom stereocenters. The highest BCUT2D eigenvalue weighted by atomic mass is 79.9. The Morgan fingerprint density at radius 1 is 0.900 bits per heavy atom. The highest BCUT2D eigenvalue weighted by Gasteiger charge is 2.17. The number of carbonyl (C=O) groups is 2. The summed E-state index contributed by atoms with van der Waals surface area (Å²) in [6, 6.07) is 21.6. The summed E-state index contributed by atoms with van der Waals surface area (Å²) in [6.07, 6.45) is 0.531. The first-order chi connectivity index (χ1) is 14.5. The standard InChI is InChI=1S/C23H21BrFN3O2/c24-18-7-11-20(12-8-18)27-23(30)26-15-4-16-28(21-13-9-19(25)10-14-21)22(29)17-5-2-1-3-6-17/h1-3,5-14H,4,15-16H2,(H2,26,27,30). The van der Waals surface area contributed by atoms with Crippen LogP contribution in [0.5, 0.6) is 0 Å². The summed E-state index contributed by atoms with van der Waals surface area (Å²) in [6.45, 7) is 0.750. The third-order valence-corrected chi connectivity index (χ3v) is 4.88. The fourth-order valence-electron chi connectivity index (χ4n) is 2.85. The molecule has 0 unspecified atom stereocenters. The zero-order valence-electron chi connectivity index (χ0n) is 16.1. The van der Waals surface area contributed by atoms with E-state index in [1.165, 1.54) is 12.1 Å². The molecular weight excluding hydrogens is 449 g/mol. The molecule has 0 spiro atoms. The van der Waals surface area contributed by atoms with Crippen molar-refractivity contribution in [3.63, 3.8) is 0 Å². The fraction of sp³-hybridized carbons (Fsp3) is 0.130. The number of hydrogen-bond donors (Lipinski definition) is 2. The SMILES string of the molecule is O=C(NCCCN(C(=O)c1ccccc1)c1ccc(F)cc1)Nc1ccc(Br)cc1. The van der Waals surface area contributed by atoms with Gasteiger partial charge in [-0.05, 0) is 67.1 Å². The van der Waals surface area contributed by atoms with E-state index in [0.29, 0.717) is 36.4 Å². The highest BCUT2D eigenvalue weighted by molar-refractivity contribution is 9.10. The predicted octanol–water partition coefficient (Wildman–Crippen LogP) is 5.45. The van der Waals surface area contributed by atoms with Gasteiger partial charge in [-0.15, -0.1) is 0 Å². The molecule has 2 N–H and O–H groups in total. The van der Waals surface area contributed by atoms with Gasteiger partial charge in [0.05, 0.1) is 0 Å². The van der Waals surface area contributed by atoms with Crippen molar-refractivity contribution in [1.29, 1.82) is 0 Å². The molecule has 0 heterocycles. The summed E-state index contributed by atoms with van der Waals surface area (Å²) >= 11 is 3.35. The Labute approximate surface area is 183 Å². The zero-order valence-corrected chi connectivity index (χ0v) is 17.7. The molecule has 0 saturated heterocycles. The number of carbonyl (C=O) groups excluding carboxylic acids is 2. The monoisotopic (exact) mass is 469 g/mol. The normalized spacial score (nSPS) is 10.3. The van der Waals surface area contributed by atoms with E-state index < -0.39 is 0 Å². The van der Waals surface area contributed by atoms with Gasteiger partial charge in [0.25, 0.3) is 5.91 Å². The fourth-order valence-corrected chi connectivity index (χ4v) is 3.12. The van der Waals surface area contributed by atoms with Crippen LogP contribution in [-0.2, 0) is 0 Å². The maximum atomic E-state index is 13.3. The molecule has 154 valence electrons. The molecule has 0 bridgehead atoms. The van der Waals surface area contributed by atoms with Crippen molar-refractivity contribution in [1.82, 2.24) is 5.32 Å². The zero-order chi connectivity index (χ0) is 21.3. The van der Waals surface area contributed by atoms with Gasteiger partial charge in [0.2, 0.25) is 0 Å². The maximum absolute atomic E-state index is 13.3. The molecule has 3 aromatic rings. The average Bonchev–Trinajstić information content (AvgIpc) is 2.76. The van der Waals surface area contributed by atoms with E-state index in [9.17, 15) is 14.0 Å². The molecule has 0 saturated carbocycles. The third-order valence-electron chi connectivity index (χ3n) is 4.35. The van der Waals surface area contributed by atoms with E-state index in [2.05, 4.69) is 26.6 Å². The summed E-state index contributed by atoms with van der Waals surface area (Å²) in [5.74, 6) is -0.543. The van der Waals surface area contributed by atoms with Crippen LogP contribution in [0.3, 0.4) is 0 Å². The van der Waals surface area contributed by atoms with Gasteiger partial charge in [-0.3, -0.25) is 4.79 Å². The summed E-state index contributed by atoms with van der Waals surface area (Å²) in [5, 5.41) is 5.53. The van der Waals surface area contributed by atoms with E-state index in [4.69, 9.17) is 0 Å². The van der Waals surface area contributed by atoms with Crippen molar-refractivity contribution in [2.75, 3.05) is 23.3 Å². The maximum Gasteiger partial charge on any atom is 0.319 e. The van der Waals surface area contributed by atoms with Crippen molar-refractivity contribution in [3.8, 4) is 0 Å². The lowest BCUT2D eigenvalue weighted by Crippen LogP contribution is -2.35. The summed E-state index contributed by atoms with van der Waals surface area (Å²) in [5.41, 5.74) is 1.83. The summed E-state index contributed by atoms with van der Waals surface area (Å²) in [7, 11) is 0. The predicted molar refractivity (Wildman–Crippen MR) is 120 cm³/mol. The highest BCUT2D eigenvalue weighted by Crippen LogP contribution is 2.18. The van der Waals surface area contributed by atoms with Crippen molar-refractivity contribution in [3.05, 3.63) is 94.7 Å². The van der Waals surface area contributed by atoms with Gasteiger partial charge < -0.3 is 15.5 Å². The van der Waals surface area contributed by atoms with Crippen molar-refractivity contribution >= 4 is 39.2 Å². The van der Waals surface area contributed by atoms with Crippen LogP contribution in [0.25, 0.3) is 0 Å². The molecule has 5 nitrogen and oxygen atoms in total. The first kappa shape index (κ1) is 21.5. The molecule has 0 fully saturated rings. The number of rotatable bonds is 7. The van der Waals surface area contributed by atoms with Gasteiger partial charge in [-0.1, -0.05) is 34.1 Å². The molecule has 3 aromatic carbocycles. The van der Waals surface area contributed by atoms with Crippen molar-refractivity contribution in [2.24, 2.45) is 0 Å². The Morgan fingerprint density at radius 3 is 2.23 bits per heavy atom. The molecule has 0 aliphatic heterocycles. The van der Waals surface area contributed by atoms with Gasteiger partial charge in [0, 0.05) is 34.5 Å². The number of nitrogens with one attached hydrogen (secondary N) is 2. The second-order valence-corrected chi connectivity index (χ2v) is 7.46. The lowest BCUT2D eigenvalue weighted by Gasteiger charge is -2.23. The van der Waals surface area contributed by atoms with E-state index in [-0.39, 0.29) is 17.8 Å². The van der Waals surface area contributed by atoms with Gasteiger partial charge in [0.15, 0.2) is 0 Å². The van der Waals surface area contributed by atoms with E-state index in [1.54, 1.807) is 53.4 Å². The van der Waals surface area contributed by atoms with E-state index in [1.807, 2.05) is 18.2 Å². The Bertz CT molecular complexity index is 980. The van der Waals surface area contributed by atoms with E-state index in [0.717, 1.165) is 4.47 Å². The second kappa shape index (κ2) is 10.5. The van der Waals surface area contributed by atoms with Crippen LogP contribution < -0.4 is 15.5 Å². The number of halogens is 2. The largest absolute Gasteiger partial charge is 0.338 e. The smallest absolute Gasteiger partial charge is 0.319 e. The Kier molecular flexibility index (Phi) is 7.57. The number of urea groups is 1. The third kappa shape index (κ3) is 6.15. The minimum Gasteiger partial charge on any atom is -0.338 e. The number of benzene rings is 3. The Balaban J connectivity index is 1.58. The van der Waals surface area contributed by atoms with Crippen molar-refractivity contribution < 1.29 is 14.0 Å². The number of nitrogens with zero attached hydrogens (tertiary/aromatic N) is 1. The minimum atomic E-state index is -0.364. The van der Waals surface area contributed by atoms with Crippen LogP contribution in [0, 0.1) is 5.82 Å². The van der Waals surface area contributed by atoms with Crippen LogP contribution in [0.4, 0.5) is 20.6 Å². The first-order valence-corrected chi connectivity index (χ1v) is 10.2. The minimum absolute atomic E-state index is 0.179. The van der Waals surface area contributed by atoms with Crippen LogP contribution in [0.15, 0.2) is 83.3 Å². The summed E-state index contributed by atoms with van der Waals surface area (Å²) < 4.78 is 14.2. The topological polar surface area (TPSA) is 61.4 Å². The molecule has 0 aliphatic rings.